The maximum absolute atomic E-state index is 12.2. The lowest BCUT2D eigenvalue weighted by atomic mass is 10.2. The summed E-state index contributed by atoms with van der Waals surface area (Å²) in [6, 6.07) is 13.9. The first-order chi connectivity index (χ1) is 12.6. The van der Waals surface area contributed by atoms with Crippen LogP contribution in [-0.4, -0.2) is 31.8 Å². The minimum Gasteiger partial charge on any atom is -0.444 e. The zero-order valence-corrected chi connectivity index (χ0v) is 16.3. The zero-order valence-electron chi connectivity index (χ0n) is 16.3. The van der Waals surface area contributed by atoms with Gasteiger partial charge in [0.2, 0.25) is 0 Å². The molecule has 0 spiro atoms. The van der Waals surface area contributed by atoms with Crippen LogP contribution in [0.4, 0.5) is 32.3 Å². The van der Waals surface area contributed by atoms with Crippen LogP contribution in [0, 0.1) is 0 Å². The molecule has 0 aromatic heterocycles. The first-order valence-corrected chi connectivity index (χ1v) is 8.58. The SMILES string of the molecule is CN(C)c1ccc(NC(=O)Nc2cccc(NC(=O)OC(C)(C)C)c2)cc1. The average Bonchev–Trinajstić information content (AvgIpc) is 2.53. The third-order valence-corrected chi connectivity index (χ3v) is 3.41. The second-order valence-electron chi connectivity index (χ2n) is 7.23. The third kappa shape index (κ3) is 6.89. The Kier molecular flexibility index (Phi) is 6.28. The summed E-state index contributed by atoms with van der Waals surface area (Å²) in [6.45, 7) is 5.37. The Morgan fingerprint density at radius 2 is 1.41 bits per heavy atom. The van der Waals surface area contributed by atoms with E-state index in [1.54, 1.807) is 45.0 Å². The van der Waals surface area contributed by atoms with E-state index in [1.807, 2.05) is 43.3 Å². The fraction of sp³-hybridized carbons (Fsp3) is 0.300. The van der Waals surface area contributed by atoms with Crippen LogP contribution >= 0.6 is 0 Å². The van der Waals surface area contributed by atoms with Crippen LogP contribution in [0.15, 0.2) is 48.5 Å². The molecule has 0 saturated carbocycles. The number of nitrogens with one attached hydrogen (secondary N) is 3. The first kappa shape index (κ1) is 20.1. The minimum atomic E-state index is -0.581. The normalized spacial score (nSPS) is 10.7. The van der Waals surface area contributed by atoms with Gasteiger partial charge < -0.3 is 20.3 Å². The maximum Gasteiger partial charge on any atom is 0.412 e. The van der Waals surface area contributed by atoms with Crippen molar-refractivity contribution in [2.24, 2.45) is 0 Å². The monoisotopic (exact) mass is 370 g/mol. The molecule has 0 radical (unpaired) electrons. The molecule has 144 valence electrons. The van der Waals surface area contributed by atoms with Crippen molar-refractivity contribution in [2.45, 2.75) is 26.4 Å². The van der Waals surface area contributed by atoms with Gasteiger partial charge in [0.25, 0.3) is 0 Å². The lowest BCUT2D eigenvalue weighted by Crippen LogP contribution is -2.27. The highest BCUT2D eigenvalue weighted by molar-refractivity contribution is 6.00. The molecule has 2 aromatic rings. The van der Waals surface area contributed by atoms with Crippen LogP contribution in [0.2, 0.25) is 0 Å². The van der Waals surface area contributed by atoms with Crippen LogP contribution in [0.1, 0.15) is 20.8 Å². The molecular formula is C20H26N4O3. The number of nitrogens with zero attached hydrogens (tertiary/aromatic N) is 1. The van der Waals surface area contributed by atoms with Gasteiger partial charge in [0.05, 0.1) is 0 Å². The summed E-state index contributed by atoms with van der Waals surface area (Å²) in [5, 5.41) is 8.15. The summed E-state index contributed by atoms with van der Waals surface area (Å²) in [4.78, 5) is 26.0. The Bertz CT molecular complexity index is 796. The summed E-state index contributed by atoms with van der Waals surface area (Å²) in [6.07, 6.45) is -0.551. The molecule has 0 atom stereocenters. The van der Waals surface area contributed by atoms with Crippen LogP contribution in [0.25, 0.3) is 0 Å². The standard InChI is InChI=1S/C20H26N4O3/c1-20(2,3)27-19(26)23-16-8-6-7-15(13-16)22-18(25)21-14-9-11-17(12-10-14)24(4)5/h6-13H,1-5H3,(H,23,26)(H2,21,22,25). The molecule has 2 aromatic carbocycles. The van der Waals surface area contributed by atoms with Gasteiger partial charge in [-0.2, -0.15) is 0 Å². The van der Waals surface area contributed by atoms with Gasteiger partial charge in [-0.05, 0) is 63.2 Å². The van der Waals surface area contributed by atoms with Crippen LogP contribution in [-0.2, 0) is 4.74 Å². The summed E-state index contributed by atoms with van der Waals surface area (Å²) >= 11 is 0. The molecule has 2 rings (SSSR count). The second-order valence-corrected chi connectivity index (χ2v) is 7.23. The Morgan fingerprint density at radius 3 is 1.96 bits per heavy atom. The summed E-state index contributed by atoms with van der Waals surface area (Å²) in [5.74, 6) is 0. The number of anilines is 4. The van der Waals surface area contributed by atoms with Gasteiger partial charge in [0.1, 0.15) is 5.60 Å². The number of benzene rings is 2. The van der Waals surface area contributed by atoms with E-state index >= 15 is 0 Å². The Balaban J connectivity index is 1.94. The van der Waals surface area contributed by atoms with E-state index in [1.165, 1.54) is 0 Å². The van der Waals surface area contributed by atoms with Gasteiger partial charge in [0, 0.05) is 36.8 Å². The number of rotatable bonds is 4. The quantitative estimate of drug-likeness (QED) is 0.726. The van der Waals surface area contributed by atoms with Crippen molar-refractivity contribution in [3.8, 4) is 0 Å². The number of hydrogen-bond donors (Lipinski definition) is 3. The van der Waals surface area contributed by atoms with E-state index in [0.29, 0.717) is 17.1 Å². The molecule has 0 fully saturated rings. The lowest BCUT2D eigenvalue weighted by Gasteiger charge is -2.19. The minimum absolute atomic E-state index is 0.373. The molecule has 3 amide bonds. The third-order valence-electron chi connectivity index (χ3n) is 3.41. The fourth-order valence-corrected chi connectivity index (χ4v) is 2.23. The molecule has 0 aliphatic rings. The summed E-state index contributed by atoms with van der Waals surface area (Å²) in [5.41, 5.74) is 2.22. The lowest BCUT2D eigenvalue weighted by molar-refractivity contribution is 0.0636. The molecule has 7 nitrogen and oxygen atoms in total. The molecule has 0 unspecified atom stereocenters. The predicted octanol–water partition coefficient (Wildman–Crippen LogP) is 4.74. The molecule has 7 heteroatoms. The van der Waals surface area contributed by atoms with Crippen molar-refractivity contribution >= 4 is 34.9 Å². The molecule has 3 N–H and O–H groups in total. The smallest absolute Gasteiger partial charge is 0.412 e. The second kappa shape index (κ2) is 8.44. The van der Waals surface area contributed by atoms with Crippen molar-refractivity contribution < 1.29 is 14.3 Å². The van der Waals surface area contributed by atoms with Gasteiger partial charge in [0.15, 0.2) is 0 Å². The first-order valence-electron chi connectivity index (χ1n) is 8.58. The van der Waals surface area contributed by atoms with Gasteiger partial charge in [-0.1, -0.05) is 6.07 Å². The van der Waals surface area contributed by atoms with Crippen molar-refractivity contribution in [3.63, 3.8) is 0 Å². The van der Waals surface area contributed by atoms with E-state index in [4.69, 9.17) is 4.74 Å². The molecule has 0 aliphatic heterocycles. The molecule has 0 aliphatic carbocycles. The van der Waals surface area contributed by atoms with Crippen LogP contribution < -0.4 is 20.9 Å². The number of carbonyl (C=O) groups is 2. The van der Waals surface area contributed by atoms with Crippen LogP contribution in [0.3, 0.4) is 0 Å². The topological polar surface area (TPSA) is 82.7 Å². The largest absolute Gasteiger partial charge is 0.444 e. The number of urea groups is 1. The van der Waals surface area contributed by atoms with Gasteiger partial charge in [-0.3, -0.25) is 5.32 Å². The maximum atomic E-state index is 12.2. The van der Waals surface area contributed by atoms with E-state index in [-0.39, 0.29) is 6.03 Å². The zero-order chi connectivity index (χ0) is 20.0. The Labute approximate surface area is 159 Å². The molecule has 27 heavy (non-hydrogen) atoms. The van der Waals surface area contributed by atoms with E-state index < -0.39 is 11.7 Å². The number of ether oxygens (including phenoxy) is 1. The van der Waals surface area contributed by atoms with Gasteiger partial charge in [-0.15, -0.1) is 0 Å². The van der Waals surface area contributed by atoms with Crippen LogP contribution in [0.5, 0.6) is 0 Å². The van der Waals surface area contributed by atoms with Gasteiger partial charge >= 0.3 is 12.1 Å². The van der Waals surface area contributed by atoms with E-state index in [0.717, 1.165) is 5.69 Å². The van der Waals surface area contributed by atoms with Crippen molar-refractivity contribution in [3.05, 3.63) is 48.5 Å². The van der Waals surface area contributed by atoms with E-state index in [9.17, 15) is 9.59 Å². The Morgan fingerprint density at radius 1 is 0.852 bits per heavy atom. The molecule has 0 heterocycles. The van der Waals surface area contributed by atoms with E-state index in [2.05, 4.69) is 16.0 Å². The summed E-state index contributed by atoms with van der Waals surface area (Å²) < 4.78 is 5.21. The highest BCUT2D eigenvalue weighted by Crippen LogP contribution is 2.18. The fourth-order valence-electron chi connectivity index (χ4n) is 2.23. The van der Waals surface area contributed by atoms with Crippen molar-refractivity contribution in [1.29, 1.82) is 0 Å². The molecule has 0 saturated heterocycles. The Hall–Kier alpha value is -3.22. The summed E-state index contributed by atoms with van der Waals surface area (Å²) in [7, 11) is 3.90. The number of amides is 3. The van der Waals surface area contributed by atoms with Gasteiger partial charge in [-0.25, -0.2) is 9.59 Å². The highest BCUT2D eigenvalue weighted by atomic mass is 16.6. The average molecular weight is 370 g/mol. The number of carbonyl (C=O) groups excluding carboxylic acids is 2. The molecule has 0 bridgehead atoms. The highest BCUT2D eigenvalue weighted by Gasteiger charge is 2.16. The number of hydrogen-bond acceptors (Lipinski definition) is 4. The molecular weight excluding hydrogens is 344 g/mol. The predicted molar refractivity (Wildman–Crippen MR) is 110 cm³/mol. The van der Waals surface area contributed by atoms with Crippen molar-refractivity contribution in [2.75, 3.05) is 34.9 Å². The van der Waals surface area contributed by atoms with Crippen molar-refractivity contribution in [1.82, 2.24) is 0 Å².